The molecule has 0 saturated carbocycles. The van der Waals surface area contributed by atoms with Gasteiger partial charge in [-0.15, -0.1) is 0 Å². The van der Waals surface area contributed by atoms with E-state index in [1.165, 1.54) is 13.2 Å². The fraction of sp³-hybridized carbons (Fsp3) is 0.0556. The predicted octanol–water partition coefficient (Wildman–Crippen LogP) is 3.40. The Labute approximate surface area is 159 Å². The highest BCUT2D eigenvalue weighted by Crippen LogP contribution is 2.35. The maximum atomic E-state index is 11.5. The lowest BCUT2D eigenvalue weighted by atomic mass is 9.96. The number of nitrogens with two attached hydrogens (primary N) is 1. The smallest absolute Gasteiger partial charge is 0.278 e. The van der Waals surface area contributed by atoms with Crippen LogP contribution in [-0.2, 0) is 0 Å². The van der Waals surface area contributed by atoms with Crippen LogP contribution >= 0.6 is 11.6 Å². The van der Waals surface area contributed by atoms with Gasteiger partial charge in [0.25, 0.3) is 5.69 Å². The van der Waals surface area contributed by atoms with E-state index < -0.39 is 10.6 Å². The summed E-state index contributed by atoms with van der Waals surface area (Å²) in [7, 11) is 1.52. The average molecular weight is 382 g/mol. The van der Waals surface area contributed by atoms with Gasteiger partial charge in [-0.25, -0.2) is 0 Å². The van der Waals surface area contributed by atoms with Crippen molar-refractivity contribution in [2.45, 2.75) is 0 Å². The quantitative estimate of drug-likeness (QED) is 0.277. The second-order valence-corrected chi connectivity index (χ2v) is 5.51. The number of allylic oxidation sites excluding steroid dienone is 1. The normalized spacial score (nSPS) is 11.4. The van der Waals surface area contributed by atoms with Gasteiger partial charge in [-0.05, 0) is 35.9 Å². The zero-order chi connectivity index (χ0) is 20.0. The first-order valence-corrected chi connectivity index (χ1v) is 7.75. The molecular weight excluding hydrogens is 370 g/mol. The molecule has 0 amide bonds. The van der Waals surface area contributed by atoms with Crippen molar-refractivity contribution in [1.29, 1.82) is 10.5 Å². The summed E-state index contributed by atoms with van der Waals surface area (Å²) >= 11 is 6.45. The van der Waals surface area contributed by atoms with Crippen molar-refractivity contribution in [1.82, 2.24) is 0 Å². The minimum atomic E-state index is -0.667. The van der Waals surface area contributed by atoms with E-state index in [9.17, 15) is 15.4 Å². The number of ether oxygens (including phenoxy) is 1. The second kappa shape index (κ2) is 8.48. The van der Waals surface area contributed by atoms with Gasteiger partial charge in [0.05, 0.1) is 40.0 Å². The number of hydrazone groups is 1. The number of methoxy groups -OCH3 is 1. The van der Waals surface area contributed by atoms with Gasteiger partial charge >= 0.3 is 0 Å². The molecule has 2 aromatic carbocycles. The highest BCUT2D eigenvalue weighted by molar-refractivity contribution is 6.56. The maximum absolute atomic E-state index is 11.5. The summed E-state index contributed by atoms with van der Waals surface area (Å²) in [4.78, 5) is 10.8. The summed E-state index contributed by atoms with van der Waals surface area (Å²) in [6.07, 6.45) is 1.15. The molecular formula is C18H12ClN5O3. The Hall–Kier alpha value is -3.88. The van der Waals surface area contributed by atoms with Crippen LogP contribution in [0.5, 0.6) is 5.75 Å². The molecule has 0 aliphatic heterocycles. The van der Waals surface area contributed by atoms with Gasteiger partial charge in [0.15, 0.2) is 0 Å². The van der Waals surface area contributed by atoms with Crippen molar-refractivity contribution in [2.75, 3.05) is 7.11 Å². The summed E-state index contributed by atoms with van der Waals surface area (Å²) < 4.78 is 5.09. The first kappa shape index (κ1) is 19.4. The van der Waals surface area contributed by atoms with Crippen LogP contribution in [-0.4, -0.2) is 18.2 Å². The molecule has 0 aliphatic carbocycles. The van der Waals surface area contributed by atoms with Gasteiger partial charge in [-0.3, -0.25) is 10.1 Å². The van der Waals surface area contributed by atoms with Crippen molar-refractivity contribution < 1.29 is 9.66 Å². The van der Waals surface area contributed by atoms with E-state index in [1.807, 2.05) is 6.07 Å². The van der Waals surface area contributed by atoms with Crippen LogP contribution < -0.4 is 10.6 Å². The number of nitro benzene ring substituents is 1. The van der Waals surface area contributed by atoms with Crippen molar-refractivity contribution >= 4 is 34.1 Å². The van der Waals surface area contributed by atoms with Gasteiger partial charge in [-0.1, -0.05) is 11.6 Å². The molecule has 0 atom stereocenters. The monoisotopic (exact) mass is 381 g/mol. The van der Waals surface area contributed by atoms with Crippen LogP contribution in [0.1, 0.15) is 22.3 Å². The van der Waals surface area contributed by atoms with Crippen LogP contribution in [0, 0.1) is 32.8 Å². The summed E-state index contributed by atoms with van der Waals surface area (Å²) in [5.41, 5.74) is 0.150. The molecule has 0 saturated heterocycles. The van der Waals surface area contributed by atoms with E-state index in [2.05, 4.69) is 5.10 Å². The number of halogens is 1. The van der Waals surface area contributed by atoms with E-state index in [0.29, 0.717) is 11.3 Å². The molecule has 0 unspecified atom stereocenters. The van der Waals surface area contributed by atoms with Crippen LogP contribution in [0.2, 0.25) is 0 Å². The zero-order valence-electron chi connectivity index (χ0n) is 14.0. The molecule has 0 bridgehead atoms. The Morgan fingerprint density at radius 2 is 1.85 bits per heavy atom. The van der Waals surface area contributed by atoms with Crippen LogP contribution in [0.15, 0.2) is 41.5 Å². The van der Waals surface area contributed by atoms with Gasteiger partial charge in [-0.2, -0.15) is 15.6 Å². The first-order chi connectivity index (χ1) is 13.0. The van der Waals surface area contributed by atoms with Crippen molar-refractivity contribution in [3.63, 3.8) is 0 Å². The van der Waals surface area contributed by atoms with Crippen LogP contribution in [0.4, 0.5) is 5.69 Å². The molecule has 8 nitrogen and oxygen atoms in total. The number of nitro groups is 1. The zero-order valence-corrected chi connectivity index (χ0v) is 14.8. The second-order valence-electron chi connectivity index (χ2n) is 5.13. The third-order valence-corrected chi connectivity index (χ3v) is 4.07. The summed E-state index contributed by atoms with van der Waals surface area (Å²) in [5, 5.41) is 33.4. The predicted molar refractivity (Wildman–Crippen MR) is 101 cm³/mol. The minimum absolute atomic E-state index is 0.0190. The maximum Gasteiger partial charge on any atom is 0.278 e. The molecule has 2 N–H and O–H groups in total. The lowest BCUT2D eigenvalue weighted by Gasteiger charge is -2.10. The van der Waals surface area contributed by atoms with Crippen LogP contribution in [0.3, 0.4) is 0 Å². The summed E-state index contributed by atoms with van der Waals surface area (Å²) in [5.74, 6) is 5.86. The Kier molecular flexibility index (Phi) is 6.10. The lowest BCUT2D eigenvalue weighted by molar-refractivity contribution is -0.385. The van der Waals surface area contributed by atoms with Gasteiger partial charge in [0.1, 0.15) is 17.9 Å². The summed E-state index contributed by atoms with van der Waals surface area (Å²) in [6, 6.07) is 12.5. The molecule has 0 aromatic heterocycles. The molecule has 0 radical (unpaired) electrons. The van der Waals surface area contributed by atoms with E-state index >= 15 is 0 Å². The molecule has 134 valence electrons. The average Bonchev–Trinajstić information content (AvgIpc) is 2.70. The lowest BCUT2D eigenvalue weighted by Crippen LogP contribution is -2.01. The molecule has 0 heterocycles. The van der Waals surface area contributed by atoms with Crippen LogP contribution in [0.25, 0.3) is 10.6 Å². The standard InChI is InChI=1S/C18H12ClN5O3/c1-27-14-4-2-11(3-5-14)18(19)16(10-23-22)15-6-12(8-20)13(9-21)7-17(15)24(25)26/h2-7,10H,22H2,1H3/b18-16-,23-10-. The SMILES string of the molecule is COc1ccc(/C(Cl)=C(\C=N/N)c2cc(C#N)c(C#N)cc2[N+](=O)[O-])cc1. The molecule has 0 aliphatic rings. The highest BCUT2D eigenvalue weighted by Gasteiger charge is 2.23. The molecule has 2 rings (SSSR count). The van der Waals surface area contributed by atoms with Crippen molar-refractivity contribution in [3.8, 4) is 17.9 Å². The van der Waals surface area contributed by atoms with E-state index in [-0.39, 0.29) is 27.3 Å². The number of nitriles is 2. The Morgan fingerprint density at radius 1 is 1.26 bits per heavy atom. The van der Waals surface area contributed by atoms with E-state index in [4.69, 9.17) is 27.4 Å². The van der Waals surface area contributed by atoms with Gasteiger partial charge in [0, 0.05) is 11.6 Å². The molecule has 9 heteroatoms. The van der Waals surface area contributed by atoms with Gasteiger partial charge < -0.3 is 10.6 Å². The number of benzene rings is 2. The highest BCUT2D eigenvalue weighted by atomic mass is 35.5. The van der Waals surface area contributed by atoms with E-state index in [1.54, 1.807) is 30.3 Å². The fourth-order valence-corrected chi connectivity index (χ4v) is 2.63. The topological polar surface area (TPSA) is 138 Å². The fourth-order valence-electron chi connectivity index (χ4n) is 2.35. The molecule has 0 spiro atoms. The molecule has 2 aromatic rings. The Morgan fingerprint density at radius 3 is 2.33 bits per heavy atom. The molecule has 0 fully saturated rings. The first-order valence-electron chi connectivity index (χ1n) is 7.37. The number of rotatable bonds is 5. The third-order valence-electron chi connectivity index (χ3n) is 3.65. The Balaban J connectivity index is 2.81. The number of hydrogen-bond acceptors (Lipinski definition) is 7. The van der Waals surface area contributed by atoms with E-state index in [0.717, 1.165) is 12.3 Å². The molecule has 27 heavy (non-hydrogen) atoms. The van der Waals surface area contributed by atoms with Crippen molar-refractivity contribution in [3.05, 3.63) is 68.8 Å². The Bertz CT molecular complexity index is 1030. The number of hydrogen-bond donors (Lipinski definition) is 1. The largest absolute Gasteiger partial charge is 0.497 e. The summed E-state index contributed by atoms with van der Waals surface area (Å²) in [6.45, 7) is 0. The minimum Gasteiger partial charge on any atom is -0.497 e. The van der Waals surface area contributed by atoms with Crippen molar-refractivity contribution in [2.24, 2.45) is 10.9 Å². The third kappa shape index (κ3) is 4.03. The number of nitrogens with zero attached hydrogens (tertiary/aromatic N) is 4. The van der Waals surface area contributed by atoms with Gasteiger partial charge in [0.2, 0.25) is 0 Å².